The van der Waals surface area contributed by atoms with Crippen molar-refractivity contribution in [1.29, 1.82) is 0 Å². The summed E-state index contributed by atoms with van der Waals surface area (Å²) >= 11 is 0. The van der Waals surface area contributed by atoms with Gasteiger partial charge in [0.15, 0.2) is 0 Å². The quantitative estimate of drug-likeness (QED) is 0.232. The van der Waals surface area contributed by atoms with Gasteiger partial charge in [0, 0.05) is 23.4 Å². The predicted molar refractivity (Wildman–Crippen MR) is 111 cm³/mol. The van der Waals surface area contributed by atoms with E-state index in [0.29, 0.717) is 11.3 Å². The number of hydrogen-bond donors (Lipinski definition) is 1. The number of aliphatic hydroxyl groups is 1. The second-order valence-electron chi connectivity index (χ2n) is 6.72. The molecule has 3 aromatic carbocycles. The zero-order chi connectivity index (χ0) is 21.3. The Kier molecular flexibility index (Phi) is 4.85. The summed E-state index contributed by atoms with van der Waals surface area (Å²) in [6.07, 6.45) is 0. The fourth-order valence-electron chi connectivity index (χ4n) is 3.53. The molecule has 0 aliphatic carbocycles. The molecular weight excluding hydrogens is 384 g/mol. The number of non-ortho nitro benzene ring substituents is 1. The molecule has 1 saturated heterocycles. The van der Waals surface area contributed by atoms with Crippen LogP contribution in [0.1, 0.15) is 17.2 Å². The zero-order valence-corrected chi connectivity index (χ0v) is 15.6. The summed E-state index contributed by atoms with van der Waals surface area (Å²) in [5, 5.41) is 21.8. The van der Waals surface area contributed by atoms with Crippen molar-refractivity contribution in [3.63, 3.8) is 0 Å². The molecule has 0 radical (unpaired) electrons. The lowest BCUT2D eigenvalue weighted by Crippen LogP contribution is -2.29. The van der Waals surface area contributed by atoms with Crippen LogP contribution in [0, 0.1) is 10.1 Å². The number of rotatable bonds is 4. The number of ketones is 1. The van der Waals surface area contributed by atoms with Crippen LogP contribution in [0.25, 0.3) is 5.76 Å². The topological polar surface area (TPSA) is 101 Å². The maximum atomic E-state index is 12.9. The van der Waals surface area contributed by atoms with Crippen LogP contribution >= 0.6 is 0 Å². The second-order valence-corrected chi connectivity index (χ2v) is 6.72. The first kappa shape index (κ1) is 19.1. The molecule has 1 fully saturated rings. The Hall–Kier alpha value is -4.26. The van der Waals surface area contributed by atoms with Gasteiger partial charge >= 0.3 is 0 Å². The summed E-state index contributed by atoms with van der Waals surface area (Å²) in [5.41, 5.74) is 1.19. The van der Waals surface area contributed by atoms with Crippen molar-refractivity contribution in [2.45, 2.75) is 6.04 Å². The Morgan fingerprint density at radius 3 is 2.00 bits per heavy atom. The summed E-state index contributed by atoms with van der Waals surface area (Å²) in [4.78, 5) is 37.6. The number of nitro benzene ring substituents is 1. The molecule has 1 heterocycles. The Bertz CT molecular complexity index is 1160. The first-order chi connectivity index (χ1) is 14.5. The number of Topliss-reactive ketones (excluding diaryl/α,β-unsaturated/α-hetero) is 1. The Labute approximate surface area is 171 Å². The van der Waals surface area contributed by atoms with Gasteiger partial charge in [-0.2, -0.15) is 0 Å². The zero-order valence-electron chi connectivity index (χ0n) is 15.6. The van der Waals surface area contributed by atoms with Crippen molar-refractivity contribution in [3.05, 3.63) is 112 Å². The lowest BCUT2D eigenvalue weighted by molar-refractivity contribution is -0.384. The van der Waals surface area contributed by atoms with Crippen LogP contribution < -0.4 is 4.90 Å². The molecule has 0 spiro atoms. The molecule has 1 amide bonds. The second kappa shape index (κ2) is 7.63. The van der Waals surface area contributed by atoms with Crippen molar-refractivity contribution in [3.8, 4) is 0 Å². The number of benzene rings is 3. The SMILES string of the molecule is O=C1C(=O)N(c2ccccc2)C(c2ccccc2)/C1=C(\O)c1ccc([N+](=O)[O-])cc1. The van der Waals surface area contributed by atoms with Crippen molar-refractivity contribution >= 4 is 28.8 Å². The van der Waals surface area contributed by atoms with E-state index in [0.717, 1.165) is 0 Å². The fourth-order valence-corrected chi connectivity index (χ4v) is 3.53. The molecule has 4 rings (SSSR count). The van der Waals surface area contributed by atoms with Crippen LogP contribution in [0.4, 0.5) is 11.4 Å². The molecule has 0 bridgehead atoms. The number of para-hydroxylation sites is 1. The average molecular weight is 400 g/mol. The van der Waals surface area contributed by atoms with Crippen LogP contribution in [-0.2, 0) is 9.59 Å². The monoisotopic (exact) mass is 400 g/mol. The minimum atomic E-state index is -0.830. The summed E-state index contributed by atoms with van der Waals surface area (Å²) in [6, 6.07) is 22.0. The number of carbonyl (C=O) groups is 2. The number of nitrogens with zero attached hydrogens (tertiary/aromatic N) is 2. The van der Waals surface area contributed by atoms with Crippen molar-refractivity contribution in [1.82, 2.24) is 0 Å². The van der Waals surface area contributed by atoms with Gasteiger partial charge in [0.1, 0.15) is 5.76 Å². The number of hydrogen-bond acceptors (Lipinski definition) is 5. The molecule has 30 heavy (non-hydrogen) atoms. The smallest absolute Gasteiger partial charge is 0.300 e. The minimum absolute atomic E-state index is 0.0658. The van der Waals surface area contributed by atoms with Gasteiger partial charge in [-0.25, -0.2) is 0 Å². The lowest BCUT2D eigenvalue weighted by Gasteiger charge is -2.25. The third-order valence-electron chi connectivity index (χ3n) is 4.95. The molecule has 0 saturated carbocycles. The van der Waals surface area contributed by atoms with Crippen molar-refractivity contribution in [2.24, 2.45) is 0 Å². The van der Waals surface area contributed by atoms with E-state index in [2.05, 4.69) is 0 Å². The van der Waals surface area contributed by atoms with Crippen LogP contribution in [0.15, 0.2) is 90.5 Å². The summed E-state index contributed by atoms with van der Waals surface area (Å²) in [6.45, 7) is 0. The summed E-state index contributed by atoms with van der Waals surface area (Å²) in [5.74, 6) is -1.95. The van der Waals surface area contributed by atoms with Crippen LogP contribution in [0.2, 0.25) is 0 Å². The van der Waals surface area contributed by atoms with Gasteiger partial charge in [0.25, 0.3) is 17.4 Å². The fraction of sp³-hybridized carbons (Fsp3) is 0.0435. The highest BCUT2D eigenvalue weighted by Crippen LogP contribution is 2.42. The largest absolute Gasteiger partial charge is 0.507 e. The van der Waals surface area contributed by atoms with Crippen LogP contribution in [0.5, 0.6) is 0 Å². The molecule has 7 heteroatoms. The highest BCUT2D eigenvalue weighted by molar-refractivity contribution is 6.51. The Balaban J connectivity index is 1.90. The molecule has 1 N–H and O–H groups in total. The van der Waals surface area contributed by atoms with E-state index in [1.807, 2.05) is 6.07 Å². The van der Waals surface area contributed by atoms with E-state index >= 15 is 0 Å². The maximum Gasteiger partial charge on any atom is 0.300 e. The molecule has 3 aromatic rings. The Morgan fingerprint density at radius 1 is 0.867 bits per heavy atom. The third kappa shape index (κ3) is 3.22. The number of amides is 1. The summed E-state index contributed by atoms with van der Waals surface area (Å²) in [7, 11) is 0. The highest BCUT2D eigenvalue weighted by atomic mass is 16.6. The maximum absolute atomic E-state index is 12.9. The minimum Gasteiger partial charge on any atom is -0.507 e. The van der Waals surface area contributed by atoms with E-state index in [9.17, 15) is 24.8 Å². The molecule has 1 aliphatic rings. The first-order valence-electron chi connectivity index (χ1n) is 9.15. The molecule has 1 aliphatic heterocycles. The third-order valence-corrected chi connectivity index (χ3v) is 4.95. The van der Waals surface area contributed by atoms with E-state index in [4.69, 9.17) is 0 Å². The van der Waals surface area contributed by atoms with Crippen LogP contribution in [0.3, 0.4) is 0 Å². The lowest BCUT2D eigenvalue weighted by atomic mass is 9.95. The van der Waals surface area contributed by atoms with Gasteiger partial charge in [-0.05, 0) is 29.8 Å². The van der Waals surface area contributed by atoms with Gasteiger partial charge in [-0.1, -0.05) is 48.5 Å². The van der Waals surface area contributed by atoms with Gasteiger partial charge in [0.05, 0.1) is 16.5 Å². The van der Waals surface area contributed by atoms with Crippen molar-refractivity contribution in [2.75, 3.05) is 4.90 Å². The standard InChI is InChI=1S/C23H16N2O5/c26-21(16-11-13-18(14-12-16)25(29)30)19-20(15-7-3-1-4-8-15)24(23(28)22(19)27)17-9-5-2-6-10-17/h1-14,20,26H/b21-19+. The molecule has 148 valence electrons. The van der Waals surface area contributed by atoms with Gasteiger partial charge in [-0.3, -0.25) is 24.6 Å². The van der Waals surface area contributed by atoms with E-state index in [-0.39, 0.29) is 22.6 Å². The van der Waals surface area contributed by atoms with E-state index in [1.54, 1.807) is 54.6 Å². The number of nitro groups is 1. The molecule has 1 atom stereocenters. The highest BCUT2D eigenvalue weighted by Gasteiger charge is 2.46. The molecule has 7 nitrogen and oxygen atoms in total. The number of carbonyl (C=O) groups excluding carboxylic acids is 2. The number of anilines is 1. The molecule has 0 aromatic heterocycles. The number of aliphatic hydroxyl groups excluding tert-OH is 1. The van der Waals surface area contributed by atoms with Gasteiger partial charge in [0.2, 0.25) is 0 Å². The van der Waals surface area contributed by atoms with Crippen LogP contribution in [-0.4, -0.2) is 21.7 Å². The normalized spacial score (nSPS) is 17.9. The molecular formula is C23H16N2O5. The predicted octanol–water partition coefficient (Wildman–Crippen LogP) is 4.22. The van der Waals surface area contributed by atoms with Crippen molar-refractivity contribution < 1.29 is 19.6 Å². The van der Waals surface area contributed by atoms with Gasteiger partial charge in [-0.15, -0.1) is 0 Å². The Morgan fingerprint density at radius 2 is 1.43 bits per heavy atom. The molecule has 1 unspecified atom stereocenters. The van der Waals surface area contributed by atoms with Gasteiger partial charge < -0.3 is 5.11 Å². The first-order valence-corrected chi connectivity index (χ1v) is 9.15. The van der Waals surface area contributed by atoms with E-state index < -0.39 is 22.7 Å². The van der Waals surface area contributed by atoms with E-state index in [1.165, 1.54) is 29.2 Å². The average Bonchev–Trinajstić information content (AvgIpc) is 3.05. The summed E-state index contributed by atoms with van der Waals surface area (Å²) < 4.78 is 0.